The van der Waals surface area contributed by atoms with E-state index in [9.17, 15) is 19.5 Å². The van der Waals surface area contributed by atoms with E-state index < -0.39 is 12.1 Å². The number of aliphatic hydroxyl groups is 1. The van der Waals surface area contributed by atoms with Gasteiger partial charge in [0.15, 0.2) is 0 Å². The van der Waals surface area contributed by atoms with Crippen molar-refractivity contribution in [1.82, 2.24) is 15.1 Å². The molecule has 4 atom stereocenters. The van der Waals surface area contributed by atoms with Crippen LogP contribution in [0.3, 0.4) is 0 Å². The zero-order valence-corrected chi connectivity index (χ0v) is 29.0. The summed E-state index contributed by atoms with van der Waals surface area (Å²) >= 11 is 0. The summed E-state index contributed by atoms with van der Waals surface area (Å²) in [4.78, 5) is 43.4. The van der Waals surface area contributed by atoms with E-state index in [0.717, 1.165) is 35.7 Å². The molecule has 260 valence electrons. The number of hydrogen-bond donors (Lipinski definition) is 4. The van der Waals surface area contributed by atoms with Crippen LogP contribution in [-0.4, -0.2) is 90.5 Å². The number of rotatable bonds is 7. The van der Waals surface area contributed by atoms with Crippen molar-refractivity contribution in [2.24, 2.45) is 5.92 Å². The van der Waals surface area contributed by atoms with Crippen molar-refractivity contribution in [3.63, 3.8) is 0 Å². The van der Waals surface area contributed by atoms with E-state index in [4.69, 9.17) is 9.47 Å². The Morgan fingerprint density at radius 1 is 1.02 bits per heavy atom. The van der Waals surface area contributed by atoms with Crippen molar-refractivity contribution in [2.45, 2.75) is 78.2 Å². The van der Waals surface area contributed by atoms with Crippen molar-refractivity contribution in [3.05, 3.63) is 66.2 Å². The van der Waals surface area contributed by atoms with Crippen molar-refractivity contribution in [3.8, 4) is 5.75 Å². The molecule has 0 fully saturated rings. The molecule has 1 heterocycles. The predicted octanol–water partition coefficient (Wildman–Crippen LogP) is 6.33. The highest BCUT2D eigenvalue weighted by atomic mass is 16.5. The molecule has 0 saturated carbocycles. The lowest BCUT2D eigenvalue weighted by atomic mass is 10.0. The maximum Gasteiger partial charge on any atom is 0.321 e. The van der Waals surface area contributed by atoms with Crippen LogP contribution >= 0.6 is 0 Å². The van der Waals surface area contributed by atoms with Crippen molar-refractivity contribution in [2.75, 3.05) is 44.0 Å². The molecule has 0 spiro atoms. The molecule has 48 heavy (non-hydrogen) atoms. The average molecular weight is 662 g/mol. The molecule has 11 heteroatoms. The Balaban J connectivity index is 1.58. The van der Waals surface area contributed by atoms with Crippen LogP contribution < -0.4 is 20.7 Å². The highest BCUT2D eigenvalue weighted by Crippen LogP contribution is 2.29. The molecule has 0 aliphatic carbocycles. The smallest absolute Gasteiger partial charge is 0.321 e. The zero-order valence-electron chi connectivity index (χ0n) is 29.0. The number of amides is 5. The lowest BCUT2D eigenvalue weighted by Crippen LogP contribution is -2.48. The van der Waals surface area contributed by atoms with Crippen LogP contribution in [0.25, 0.3) is 10.8 Å². The van der Waals surface area contributed by atoms with Gasteiger partial charge in [0.2, 0.25) is 0 Å². The van der Waals surface area contributed by atoms with Gasteiger partial charge in [-0.2, -0.15) is 0 Å². The quantitative estimate of drug-likeness (QED) is 0.234. The fourth-order valence-corrected chi connectivity index (χ4v) is 5.79. The SMILES string of the molecule is CC(C)NC(=O)Nc1ccc2c(c1)C(=O)N([C@@H](C)CO)C[C@@H](C)[C@H](CN(C)C(=O)Nc1cccc3ccccc13)OCCCC[C@@H](C)O2. The minimum Gasteiger partial charge on any atom is -0.490 e. The Kier molecular flexibility index (Phi) is 13.0. The minimum atomic E-state index is -0.521. The molecule has 0 unspecified atom stereocenters. The third-order valence-electron chi connectivity index (χ3n) is 8.56. The van der Waals surface area contributed by atoms with Gasteiger partial charge in [-0.15, -0.1) is 0 Å². The van der Waals surface area contributed by atoms with Gasteiger partial charge in [0, 0.05) is 49.8 Å². The summed E-state index contributed by atoms with van der Waals surface area (Å²) in [5.41, 5.74) is 1.46. The Morgan fingerprint density at radius 3 is 2.52 bits per heavy atom. The first kappa shape index (κ1) is 36.5. The maximum absolute atomic E-state index is 14.3. The van der Waals surface area contributed by atoms with Gasteiger partial charge >= 0.3 is 12.1 Å². The highest BCUT2D eigenvalue weighted by molar-refractivity contribution is 6.01. The number of anilines is 2. The summed E-state index contributed by atoms with van der Waals surface area (Å²) in [6.45, 7) is 10.3. The molecule has 0 radical (unpaired) electrons. The number of likely N-dealkylation sites (N-methyl/N-ethyl adjacent to an activating group) is 1. The number of carbonyl (C=O) groups excluding carboxylic acids is 3. The fourth-order valence-electron chi connectivity index (χ4n) is 5.79. The number of urea groups is 2. The molecular weight excluding hydrogens is 610 g/mol. The Labute approximate surface area is 284 Å². The molecule has 0 saturated heterocycles. The number of carbonyl (C=O) groups is 3. The molecular formula is C37H51N5O6. The average Bonchev–Trinajstić information content (AvgIpc) is 3.05. The van der Waals surface area contributed by atoms with E-state index >= 15 is 0 Å². The van der Waals surface area contributed by atoms with Crippen LogP contribution in [0.1, 0.15) is 64.2 Å². The van der Waals surface area contributed by atoms with Gasteiger partial charge in [0.05, 0.1) is 36.1 Å². The number of fused-ring (bicyclic) bond motifs is 2. The standard InChI is InChI=1S/C37H51N5O6/c1-24(2)38-36(45)39-29-17-18-33-31(20-29)35(44)42(26(4)23-43)21-25(3)34(47-19-10-9-12-27(5)48-33)22-41(6)37(46)40-32-16-11-14-28-13-7-8-15-30(28)32/h7-8,11,13-18,20,24-27,34,43H,9-10,12,19,21-23H2,1-6H3,(H,40,46)(H2,38,39,45)/t25-,26+,27-,34+/m1/s1. The molecule has 3 aromatic rings. The Morgan fingerprint density at radius 2 is 1.77 bits per heavy atom. The number of hydrogen-bond acceptors (Lipinski definition) is 6. The Bertz CT molecular complexity index is 1540. The molecule has 1 aliphatic heterocycles. The van der Waals surface area contributed by atoms with Crippen molar-refractivity contribution in [1.29, 1.82) is 0 Å². The monoisotopic (exact) mass is 661 g/mol. The van der Waals surface area contributed by atoms with E-state index in [-0.39, 0.29) is 54.7 Å². The van der Waals surface area contributed by atoms with E-state index in [0.29, 0.717) is 24.6 Å². The van der Waals surface area contributed by atoms with Crippen LogP contribution in [0.2, 0.25) is 0 Å². The number of benzene rings is 3. The first-order valence-corrected chi connectivity index (χ1v) is 16.9. The van der Waals surface area contributed by atoms with E-state index in [1.807, 2.05) is 70.2 Å². The lowest BCUT2D eigenvalue weighted by molar-refractivity contribution is -0.0115. The summed E-state index contributed by atoms with van der Waals surface area (Å²) in [5.74, 6) is -0.128. The number of ether oxygens (including phenoxy) is 2. The summed E-state index contributed by atoms with van der Waals surface area (Å²) in [5, 5.41) is 20.9. The van der Waals surface area contributed by atoms with Crippen LogP contribution in [-0.2, 0) is 4.74 Å². The van der Waals surface area contributed by atoms with Crippen LogP contribution in [0.4, 0.5) is 21.0 Å². The van der Waals surface area contributed by atoms with Gasteiger partial charge in [-0.25, -0.2) is 9.59 Å². The van der Waals surface area contributed by atoms with Gasteiger partial charge in [-0.1, -0.05) is 43.3 Å². The first-order valence-electron chi connectivity index (χ1n) is 16.9. The largest absolute Gasteiger partial charge is 0.490 e. The number of aliphatic hydroxyl groups excluding tert-OH is 1. The zero-order chi connectivity index (χ0) is 34.8. The summed E-state index contributed by atoms with van der Waals surface area (Å²) in [7, 11) is 1.74. The topological polar surface area (TPSA) is 132 Å². The van der Waals surface area contributed by atoms with Gasteiger partial charge in [0.25, 0.3) is 5.91 Å². The summed E-state index contributed by atoms with van der Waals surface area (Å²) in [6, 6.07) is 17.5. The molecule has 11 nitrogen and oxygen atoms in total. The molecule has 0 aromatic heterocycles. The predicted molar refractivity (Wildman–Crippen MR) is 190 cm³/mol. The van der Waals surface area contributed by atoms with Gasteiger partial charge in [0.1, 0.15) is 5.75 Å². The third kappa shape index (κ3) is 9.84. The molecule has 0 bridgehead atoms. The van der Waals surface area contributed by atoms with Gasteiger partial charge < -0.3 is 40.3 Å². The summed E-state index contributed by atoms with van der Waals surface area (Å²) < 4.78 is 12.7. The van der Waals surface area contributed by atoms with Crippen LogP contribution in [0.5, 0.6) is 5.75 Å². The van der Waals surface area contributed by atoms with Crippen LogP contribution in [0.15, 0.2) is 60.7 Å². The van der Waals surface area contributed by atoms with Gasteiger partial charge in [-0.05, 0) is 76.6 Å². The number of nitrogens with one attached hydrogen (secondary N) is 3. The second kappa shape index (κ2) is 17.2. The van der Waals surface area contributed by atoms with Crippen LogP contribution in [0, 0.1) is 5.92 Å². The Hall–Kier alpha value is -4.35. The molecule has 1 aliphatic rings. The molecule has 5 amide bonds. The number of nitrogens with zero attached hydrogens (tertiary/aromatic N) is 2. The molecule has 3 aromatic carbocycles. The maximum atomic E-state index is 14.3. The normalized spacial score (nSPS) is 19.9. The molecule has 4 N–H and O–H groups in total. The third-order valence-corrected chi connectivity index (χ3v) is 8.56. The highest BCUT2D eigenvalue weighted by Gasteiger charge is 2.31. The van der Waals surface area contributed by atoms with E-state index in [1.165, 1.54) is 0 Å². The van der Waals surface area contributed by atoms with E-state index in [2.05, 4.69) is 16.0 Å². The van der Waals surface area contributed by atoms with Crippen molar-refractivity contribution >= 4 is 40.1 Å². The van der Waals surface area contributed by atoms with Crippen molar-refractivity contribution < 1.29 is 29.0 Å². The second-order valence-corrected chi connectivity index (χ2v) is 13.1. The first-order chi connectivity index (χ1) is 23.0. The lowest BCUT2D eigenvalue weighted by Gasteiger charge is -2.35. The second-order valence-electron chi connectivity index (χ2n) is 13.1. The molecule has 4 rings (SSSR count). The fraction of sp³-hybridized carbons (Fsp3) is 0.486. The van der Waals surface area contributed by atoms with E-state index in [1.54, 1.807) is 42.0 Å². The van der Waals surface area contributed by atoms with Gasteiger partial charge in [-0.3, -0.25) is 4.79 Å². The minimum absolute atomic E-state index is 0.0611. The summed E-state index contributed by atoms with van der Waals surface area (Å²) in [6.07, 6.45) is 1.84.